The first-order valence-corrected chi connectivity index (χ1v) is 8.63. The number of aromatic amines is 1. The third kappa shape index (κ3) is 4.77. The number of hydrogen-bond acceptors (Lipinski definition) is 4. The Morgan fingerprint density at radius 3 is 2.53 bits per heavy atom. The highest BCUT2D eigenvalue weighted by atomic mass is 35.5. The molecule has 0 saturated heterocycles. The van der Waals surface area contributed by atoms with Gasteiger partial charge in [0.2, 0.25) is 0 Å². The molecule has 0 aliphatic heterocycles. The molecule has 2 N–H and O–H groups in total. The zero-order chi connectivity index (χ0) is 22.1. The number of carbonyl (C=O) groups is 1. The molecule has 6 nitrogen and oxygen atoms in total. The molecule has 156 valence electrons. The molecular weight excluding hydrogens is 430 g/mol. The maximum absolute atomic E-state index is 13.3. The quantitative estimate of drug-likeness (QED) is 0.562. The lowest BCUT2D eigenvalue weighted by Crippen LogP contribution is -2.17. The van der Waals surface area contributed by atoms with Crippen LogP contribution in [0.2, 0.25) is 5.02 Å². The van der Waals surface area contributed by atoms with Crippen LogP contribution in [0.4, 0.5) is 23.2 Å². The molecule has 2 aromatic carbocycles. The lowest BCUT2D eigenvalue weighted by Gasteiger charge is -2.17. The van der Waals surface area contributed by atoms with Crippen LogP contribution < -0.4 is 15.6 Å². The van der Waals surface area contributed by atoms with Gasteiger partial charge in [0.1, 0.15) is 17.3 Å². The van der Waals surface area contributed by atoms with Crippen LogP contribution in [0.5, 0.6) is 11.5 Å². The number of rotatable bonds is 4. The molecule has 3 aromatic rings. The van der Waals surface area contributed by atoms with E-state index >= 15 is 0 Å². The zero-order valence-corrected chi connectivity index (χ0v) is 15.9. The van der Waals surface area contributed by atoms with Crippen LogP contribution in [0, 0.1) is 12.7 Å². The van der Waals surface area contributed by atoms with Gasteiger partial charge in [0.15, 0.2) is 0 Å². The fourth-order valence-corrected chi connectivity index (χ4v) is 2.78. The van der Waals surface area contributed by atoms with E-state index in [1.807, 2.05) is 0 Å². The maximum Gasteiger partial charge on any atom is 0.417 e. The normalized spacial score (nSPS) is 11.3. The second-order valence-electron chi connectivity index (χ2n) is 6.13. The van der Waals surface area contributed by atoms with Crippen molar-refractivity contribution in [3.05, 3.63) is 80.5 Å². The summed E-state index contributed by atoms with van der Waals surface area (Å²) in [5.74, 6) is -1.72. The molecule has 0 bridgehead atoms. The summed E-state index contributed by atoms with van der Waals surface area (Å²) in [4.78, 5) is 24.0. The third-order valence-electron chi connectivity index (χ3n) is 3.90. The number of ether oxygens (including phenoxy) is 1. The largest absolute Gasteiger partial charge is 0.456 e. The minimum Gasteiger partial charge on any atom is -0.456 e. The number of nitrogens with one attached hydrogen (secondary N) is 2. The van der Waals surface area contributed by atoms with Crippen LogP contribution in [-0.4, -0.2) is 16.1 Å². The highest BCUT2D eigenvalue weighted by Crippen LogP contribution is 2.40. The summed E-state index contributed by atoms with van der Waals surface area (Å²) in [5, 5.41) is 7.18. The van der Waals surface area contributed by atoms with Crippen molar-refractivity contribution >= 4 is 23.2 Å². The number of alkyl halides is 3. The van der Waals surface area contributed by atoms with Gasteiger partial charge in [0, 0.05) is 12.1 Å². The second-order valence-corrected chi connectivity index (χ2v) is 6.53. The summed E-state index contributed by atoms with van der Waals surface area (Å²) in [6, 6.07) is 5.89. The predicted molar refractivity (Wildman–Crippen MR) is 100 cm³/mol. The van der Waals surface area contributed by atoms with E-state index in [-0.39, 0.29) is 17.2 Å². The number of anilines is 1. The maximum atomic E-state index is 13.3. The fraction of sp³-hybridized carbons (Fsp3) is 0.105. The summed E-state index contributed by atoms with van der Waals surface area (Å²) in [6.45, 7) is 1.52. The molecule has 0 radical (unpaired) electrons. The summed E-state index contributed by atoms with van der Waals surface area (Å²) in [6.07, 6.45) is -3.73. The minimum absolute atomic E-state index is 0.0452. The Morgan fingerprint density at radius 2 is 1.90 bits per heavy atom. The molecular formula is C19H12ClF4N3O3. The van der Waals surface area contributed by atoms with Gasteiger partial charge in [-0.3, -0.25) is 9.59 Å². The van der Waals surface area contributed by atoms with Crippen molar-refractivity contribution in [2.75, 3.05) is 5.32 Å². The van der Waals surface area contributed by atoms with Crippen LogP contribution in [0.15, 0.2) is 47.4 Å². The van der Waals surface area contributed by atoms with Gasteiger partial charge in [-0.15, -0.1) is 0 Å². The third-order valence-corrected chi connectivity index (χ3v) is 4.21. The number of nitrogens with zero attached hydrogens (tertiary/aromatic N) is 1. The molecule has 1 heterocycles. The first kappa shape index (κ1) is 21.3. The van der Waals surface area contributed by atoms with Crippen molar-refractivity contribution < 1.29 is 27.1 Å². The molecule has 0 unspecified atom stereocenters. The molecule has 30 heavy (non-hydrogen) atoms. The minimum atomic E-state index is -4.83. The topological polar surface area (TPSA) is 84.1 Å². The Labute approximate surface area is 171 Å². The Balaban J connectivity index is 2.07. The summed E-state index contributed by atoms with van der Waals surface area (Å²) in [7, 11) is 0. The van der Waals surface area contributed by atoms with Gasteiger partial charge in [-0.2, -0.15) is 18.3 Å². The highest BCUT2D eigenvalue weighted by molar-refractivity contribution is 6.31. The summed E-state index contributed by atoms with van der Waals surface area (Å²) in [5.41, 5.74) is -2.08. The summed E-state index contributed by atoms with van der Waals surface area (Å²) < 4.78 is 58.7. The number of H-pyrrole nitrogens is 1. The molecule has 3 rings (SSSR count). The van der Waals surface area contributed by atoms with Gasteiger partial charge in [-0.25, -0.2) is 9.49 Å². The van der Waals surface area contributed by atoms with Crippen molar-refractivity contribution in [2.24, 2.45) is 0 Å². The van der Waals surface area contributed by atoms with E-state index in [1.165, 1.54) is 13.0 Å². The van der Waals surface area contributed by atoms with E-state index in [4.69, 9.17) is 16.3 Å². The lowest BCUT2D eigenvalue weighted by molar-refractivity contribution is -0.137. The van der Waals surface area contributed by atoms with E-state index in [0.29, 0.717) is 11.6 Å². The van der Waals surface area contributed by atoms with Gasteiger partial charge in [0.05, 0.1) is 28.0 Å². The Morgan fingerprint density at radius 1 is 1.17 bits per heavy atom. The molecule has 0 fully saturated rings. The average Bonchev–Trinajstić information content (AvgIpc) is 2.63. The number of hydrogen-bond donors (Lipinski definition) is 2. The SMILES string of the molecule is Cc1cc(F)ccc1Oc1cc(Cl)c(C(F)(F)F)cc1C(=O)Nc1cn[nH]c(=O)c1. The van der Waals surface area contributed by atoms with E-state index < -0.39 is 39.6 Å². The van der Waals surface area contributed by atoms with Crippen molar-refractivity contribution in [1.29, 1.82) is 0 Å². The molecule has 1 amide bonds. The van der Waals surface area contributed by atoms with E-state index in [2.05, 4.69) is 15.5 Å². The van der Waals surface area contributed by atoms with Crippen molar-refractivity contribution in [3.8, 4) is 11.5 Å². The number of halogens is 5. The molecule has 0 aliphatic carbocycles. The zero-order valence-electron chi connectivity index (χ0n) is 15.1. The van der Waals surface area contributed by atoms with Crippen molar-refractivity contribution in [1.82, 2.24) is 10.2 Å². The lowest BCUT2D eigenvalue weighted by atomic mass is 10.1. The first-order chi connectivity index (χ1) is 14.0. The predicted octanol–water partition coefficient (Wildman–Crippen LogP) is 4.93. The number of aryl methyl sites for hydroxylation is 1. The molecule has 11 heteroatoms. The fourth-order valence-electron chi connectivity index (χ4n) is 2.52. The Bertz CT molecular complexity index is 1180. The van der Waals surface area contributed by atoms with Gasteiger partial charge >= 0.3 is 6.18 Å². The van der Waals surface area contributed by atoms with E-state index in [0.717, 1.165) is 30.5 Å². The van der Waals surface area contributed by atoms with Crippen molar-refractivity contribution in [3.63, 3.8) is 0 Å². The molecule has 0 saturated carbocycles. The number of amides is 1. The van der Waals surface area contributed by atoms with Crippen LogP contribution in [0.3, 0.4) is 0 Å². The number of benzene rings is 2. The van der Waals surface area contributed by atoms with Gasteiger partial charge < -0.3 is 10.1 Å². The molecule has 1 aromatic heterocycles. The van der Waals surface area contributed by atoms with Crippen LogP contribution in [0.1, 0.15) is 21.5 Å². The summed E-state index contributed by atoms with van der Waals surface area (Å²) >= 11 is 5.76. The standard InChI is InChI=1S/C19H12ClF4N3O3/c1-9-4-10(21)2-3-15(9)30-16-7-14(20)13(19(22,23)24)6-12(16)18(29)26-11-5-17(28)27-25-8-11/h2-8H,1H3,(H2,26,27,28,29). The average molecular weight is 442 g/mol. The number of aromatic nitrogens is 2. The van der Waals surface area contributed by atoms with Gasteiger partial charge in [0.25, 0.3) is 11.5 Å². The monoisotopic (exact) mass is 441 g/mol. The van der Waals surface area contributed by atoms with Crippen LogP contribution in [-0.2, 0) is 6.18 Å². The molecule has 0 aliphatic rings. The smallest absolute Gasteiger partial charge is 0.417 e. The second kappa shape index (κ2) is 8.15. The van der Waals surface area contributed by atoms with Crippen LogP contribution in [0.25, 0.3) is 0 Å². The van der Waals surface area contributed by atoms with Crippen LogP contribution >= 0.6 is 11.6 Å². The van der Waals surface area contributed by atoms with Gasteiger partial charge in [-0.05, 0) is 36.8 Å². The first-order valence-electron chi connectivity index (χ1n) is 8.25. The van der Waals surface area contributed by atoms with Crippen molar-refractivity contribution in [2.45, 2.75) is 13.1 Å². The number of carbonyl (C=O) groups excluding carboxylic acids is 1. The molecule has 0 atom stereocenters. The Hall–Kier alpha value is -3.40. The molecule has 0 spiro atoms. The Kier molecular flexibility index (Phi) is 5.79. The van der Waals surface area contributed by atoms with Gasteiger partial charge in [-0.1, -0.05) is 11.6 Å². The van der Waals surface area contributed by atoms with E-state index in [9.17, 15) is 27.2 Å². The highest BCUT2D eigenvalue weighted by Gasteiger charge is 2.35. The van der Waals surface area contributed by atoms with E-state index in [1.54, 1.807) is 0 Å².